The van der Waals surface area contributed by atoms with Crippen molar-refractivity contribution in [2.75, 3.05) is 0 Å². The van der Waals surface area contributed by atoms with E-state index in [-0.39, 0.29) is 95.9 Å². The van der Waals surface area contributed by atoms with Crippen molar-refractivity contribution in [3.8, 4) is 0 Å². The molecule has 0 nitrogen and oxygen atoms in total. The van der Waals surface area contributed by atoms with Crippen LogP contribution in [0, 0.1) is 25.7 Å². The molecule has 0 rings (SSSR count). The van der Waals surface area contributed by atoms with Gasteiger partial charge in [0.25, 0.3) is 0 Å². The molecular weight excluding hydrogens is 785 g/mol. The third-order valence-corrected chi connectivity index (χ3v) is 2.09. The Kier molecular flexibility index (Phi) is 70.4. The van der Waals surface area contributed by atoms with Crippen LogP contribution in [0.25, 0.3) is 0 Å². The summed E-state index contributed by atoms with van der Waals surface area (Å²) in [4.78, 5) is 0. The molecule has 0 atom stereocenters. The Morgan fingerprint density at radius 2 is 1.06 bits per heavy atom. The summed E-state index contributed by atoms with van der Waals surface area (Å²) in [7, 11) is 0. The minimum Gasteiger partial charge on any atom is -0.343 e. The Labute approximate surface area is 172 Å². The van der Waals surface area contributed by atoms with Gasteiger partial charge >= 0.3 is 0 Å². The van der Waals surface area contributed by atoms with Crippen molar-refractivity contribution in [3.63, 3.8) is 0 Å². The predicted molar refractivity (Wildman–Crippen MR) is 58.9 cm³/mol. The summed E-state index contributed by atoms with van der Waals surface area (Å²) in [5, 5.41) is 0. The number of hydrogen-bond acceptors (Lipinski definition) is 0. The van der Waals surface area contributed by atoms with E-state index in [1.165, 1.54) is 12.8 Å². The third kappa shape index (κ3) is 25.9. The van der Waals surface area contributed by atoms with Gasteiger partial charge in [0.05, 0.1) is 0 Å². The fourth-order valence-corrected chi connectivity index (χ4v) is 1.34. The molecule has 0 amide bonds. The summed E-state index contributed by atoms with van der Waals surface area (Å²) >= 11 is 0. The van der Waals surface area contributed by atoms with Crippen LogP contribution in [0.4, 0.5) is 0 Å². The van der Waals surface area contributed by atoms with Crippen molar-refractivity contribution in [2.45, 2.75) is 53.4 Å². The van der Waals surface area contributed by atoms with E-state index in [1.54, 1.807) is 0 Å². The fourth-order valence-electron chi connectivity index (χ4n) is 1.34. The van der Waals surface area contributed by atoms with Gasteiger partial charge in [0, 0.05) is 95.9 Å². The van der Waals surface area contributed by atoms with Crippen molar-refractivity contribution in [1.82, 2.24) is 0 Å². The Balaban J connectivity index is -0.0000000393. The van der Waals surface area contributed by atoms with Gasteiger partial charge < -0.3 is 13.8 Å². The standard InChI is InChI=1S/C10H20.C2H6.3W.Y/c1-5-7-10(8-6-2)9(3)4;1-2;;;;/h9-10H,1-2,5-8H2,3-4H3;1-2H3;;;;/q-2;;;;;. The molecule has 0 aromatic carbocycles. The molecule has 0 unspecified atom stereocenters. The summed E-state index contributed by atoms with van der Waals surface area (Å²) in [6, 6.07) is 0. The summed E-state index contributed by atoms with van der Waals surface area (Å²) in [5.74, 6) is 1.67. The Hall–Kier alpha value is 3.17. The van der Waals surface area contributed by atoms with E-state index in [0.717, 1.165) is 24.7 Å². The van der Waals surface area contributed by atoms with Crippen LogP contribution in [0.15, 0.2) is 0 Å². The molecule has 0 spiro atoms. The molecule has 1 radical (unpaired) electrons. The SMILES string of the molecule is CC.[CH2-]CCC(CC[CH2-])C(C)C.[W].[W].[W].[Y]. The molecule has 0 saturated carbocycles. The molecule has 0 bridgehead atoms. The molecule has 0 aliphatic rings. The topological polar surface area (TPSA) is 0 Å². The second-order valence-electron chi connectivity index (χ2n) is 3.29. The zero-order valence-electron chi connectivity index (χ0n) is 11.2. The van der Waals surface area contributed by atoms with Crippen molar-refractivity contribution in [3.05, 3.63) is 13.8 Å². The largest absolute Gasteiger partial charge is 0.343 e. The Morgan fingerprint density at radius 1 is 0.812 bits per heavy atom. The van der Waals surface area contributed by atoms with E-state index < -0.39 is 0 Å². The molecule has 0 N–H and O–H groups in total. The van der Waals surface area contributed by atoms with E-state index in [0.29, 0.717) is 0 Å². The maximum atomic E-state index is 3.87. The molecule has 97 valence electrons. The van der Waals surface area contributed by atoms with Crippen molar-refractivity contribution in [1.29, 1.82) is 0 Å². The van der Waals surface area contributed by atoms with E-state index in [4.69, 9.17) is 0 Å². The second-order valence-corrected chi connectivity index (χ2v) is 3.29. The molecular formula is C12H26W3Y-2. The van der Waals surface area contributed by atoms with Crippen LogP contribution in [0.3, 0.4) is 0 Å². The molecule has 0 aliphatic heterocycles. The quantitative estimate of drug-likeness (QED) is 0.360. The van der Waals surface area contributed by atoms with Crippen LogP contribution in [0.1, 0.15) is 53.4 Å². The maximum absolute atomic E-state index is 3.87. The van der Waals surface area contributed by atoms with Gasteiger partial charge in [-0.25, -0.2) is 0 Å². The molecule has 0 aromatic heterocycles. The van der Waals surface area contributed by atoms with E-state index >= 15 is 0 Å². The minimum absolute atomic E-state index is 0. The third-order valence-electron chi connectivity index (χ3n) is 2.09. The van der Waals surface area contributed by atoms with E-state index in [1.807, 2.05) is 13.8 Å². The molecule has 4 heteroatoms. The summed E-state index contributed by atoms with van der Waals surface area (Å²) < 4.78 is 0. The van der Waals surface area contributed by atoms with Gasteiger partial charge in [-0.3, -0.25) is 0 Å². The average molecular weight is 811 g/mol. The monoisotopic (exact) mass is 811 g/mol. The van der Waals surface area contributed by atoms with Crippen LogP contribution in [-0.4, -0.2) is 0 Å². The van der Waals surface area contributed by atoms with Crippen LogP contribution < -0.4 is 0 Å². The average Bonchev–Trinajstić information content (AvgIpc) is 2.08. The number of rotatable bonds is 5. The van der Waals surface area contributed by atoms with Crippen LogP contribution in [-0.2, 0) is 95.9 Å². The summed E-state index contributed by atoms with van der Waals surface area (Å²) in [6.45, 7) is 16.3. The number of hydrogen-bond donors (Lipinski definition) is 0. The van der Waals surface area contributed by atoms with Gasteiger partial charge in [-0.15, -0.1) is 0 Å². The molecule has 16 heavy (non-hydrogen) atoms. The first-order valence-electron chi connectivity index (χ1n) is 5.30. The Bertz CT molecular complexity index is 74.7. The van der Waals surface area contributed by atoms with Gasteiger partial charge in [-0.2, -0.15) is 12.8 Å². The van der Waals surface area contributed by atoms with Crippen molar-refractivity contribution >= 4 is 0 Å². The van der Waals surface area contributed by atoms with Gasteiger partial charge in [0.2, 0.25) is 0 Å². The zero-order valence-corrected chi connectivity index (χ0v) is 22.8. The van der Waals surface area contributed by atoms with E-state index in [2.05, 4.69) is 27.7 Å². The maximum Gasteiger partial charge on any atom is 0 e. The van der Waals surface area contributed by atoms with Crippen molar-refractivity contribution < 1.29 is 95.9 Å². The van der Waals surface area contributed by atoms with E-state index in [9.17, 15) is 0 Å². The first-order chi connectivity index (χ1) is 5.72. The second kappa shape index (κ2) is 30.9. The Morgan fingerprint density at radius 3 is 1.19 bits per heavy atom. The summed E-state index contributed by atoms with van der Waals surface area (Å²) in [5.41, 5.74) is 0. The molecule has 0 saturated heterocycles. The van der Waals surface area contributed by atoms with Gasteiger partial charge in [0.1, 0.15) is 0 Å². The van der Waals surface area contributed by atoms with Crippen molar-refractivity contribution in [2.24, 2.45) is 11.8 Å². The normalized spacial score (nSPS) is 7.50. The van der Waals surface area contributed by atoms with Crippen LogP contribution in [0.2, 0.25) is 0 Å². The first-order valence-corrected chi connectivity index (χ1v) is 5.30. The zero-order chi connectivity index (χ0) is 9.98. The molecule has 0 heterocycles. The predicted octanol–water partition coefficient (Wildman–Crippen LogP) is 4.50. The fraction of sp³-hybridized carbons (Fsp3) is 0.833. The smallest absolute Gasteiger partial charge is 0 e. The van der Waals surface area contributed by atoms with Gasteiger partial charge in [0.15, 0.2) is 0 Å². The molecule has 0 aliphatic carbocycles. The van der Waals surface area contributed by atoms with Gasteiger partial charge in [-0.05, 0) is 11.8 Å². The minimum atomic E-state index is 0. The van der Waals surface area contributed by atoms with Gasteiger partial charge in [-0.1, -0.05) is 40.5 Å². The summed E-state index contributed by atoms with van der Waals surface area (Å²) in [6.07, 6.45) is 4.69. The van der Waals surface area contributed by atoms with Crippen LogP contribution >= 0.6 is 0 Å². The van der Waals surface area contributed by atoms with Crippen LogP contribution in [0.5, 0.6) is 0 Å². The molecule has 0 aromatic rings. The molecule has 0 fully saturated rings. The first kappa shape index (κ1) is 36.5.